The minimum absolute atomic E-state index is 0.0706. The van der Waals surface area contributed by atoms with Gasteiger partial charge < -0.3 is 30.3 Å². The minimum atomic E-state index is -1.58. The molecule has 0 fully saturated rings. The van der Waals surface area contributed by atoms with Crippen molar-refractivity contribution < 1.29 is 34.1 Å². The van der Waals surface area contributed by atoms with Gasteiger partial charge in [-0.15, -0.1) is 0 Å². The molecule has 170 valence electrons. The van der Waals surface area contributed by atoms with Crippen LogP contribution in [0.3, 0.4) is 0 Å². The van der Waals surface area contributed by atoms with Crippen LogP contribution in [0.4, 0.5) is 4.79 Å². The van der Waals surface area contributed by atoms with Crippen LogP contribution in [-0.4, -0.2) is 67.2 Å². The zero-order valence-electron chi connectivity index (χ0n) is 17.6. The van der Waals surface area contributed by atoms with Gasteiger partial charge in [-0.05, 0) is 22.3 Å². The summed E-state index contributed by atoms with van der Waals surface area (Å²) >= 11 is 0. The van der Waals surface area contributed by atoms with E-state index in [1.165, 1.54) is 7.11 Å². The van der Waals surface area contributed by atoms with Crippen LogP contribution in [0.2, 0.25) is 0 Å². The third kappa shape index (κ3) is 5.43. The predicted molar refractivity (Wildman–Crippen MR) is 115 cm³/mol. The molecule has 0 spiro atoms. The largest absolute Gasteiger partial charge is 0.479 e. The van der Waals surface area contributed by atoms with Crippen LogP contribution < -0.4 is 10.6 Å². The highest BCUT2D eigenvalue weighted by Gasteiger charge is 2.29. The highest BCUT2D eigenvalue weighted by molar-refractivity contribution is 5.86. The zero-order chi connectivity index (χ0) is 23.1. The molecule has 4 N–H and O–H groups in total. The van der Waals surface area contributed by atoms with Crippen molar-refractivity contribution >= 4 is 18.0 Å². The zero-order valence-corrected chi connectivity index (χ0v) is 17.6. The summed E-state index contributed by atoms with van der Waals surface area (Å²) in [6.45, 7) is -0.0671. The lowest BCUT2D eigenvalue weighted by molar-refractivity contribution is -0.147. The first-order valence-electron chi connectivity index (χ1n) is 10.2. The van der Waals surface area contributed by atoms with E-state index in [1.807, 2.05) is 48.5 Å². The molecule has 9 heteroatoms. The van der Waals surface area contributed by atoms with Gasteiger partial charge in [-0.25, -0.2) is 9.59 Å². The average Bonchev–Trinajstić information content (AvgIpc) is 3.11. The van der Waals surface area contributed by atoms with Crippen LogP contribution in [0.15, 0.2) is 48.5 Å². The smallest absolute Gasteiger partial charge is 0.407 e. The lowest BCUT2D eigenvalue weighted by atomic mass is 9.98. The quantitative estimate of drug-likeness (QED) is 0.438. The number of hydrogen-bond donors (Lipinski definition) is 4. The van der Waals surface area contributed by atoms with E-state index in [0.717, 1.165) is 22.3 Å². The van der Waals surface area contributed by atoms with Crippen molar-refractivity contribution in [2.24, 2.45) is 0 Å². The van der Waals surface area contributed by atoms with Crippen molar-refractivity contribution in [2.75, 3.05) is 26.9 Å². The summed E-state index contributed by atoms with van der Waals surface area (Å²) in [5.74, 6) is -2.05. The number of aliphatic hydroxyl groups is 1. The maximum atomic E-state index is 12.4. The van der Waals surface area contributed by atoms with Gasteiger partial charge in [0.05, 0.1) is 6.61 Å². The van der Waals surface area contributed by atoms with Gasteiger partial charge >= 0.3 is 12.1 Å². The fourth-order valence-electron chi connectivity index (χ4n) is 3.71. The summed E-state index contributed by atoms with van der Waals surface area (Å²) in [5, 5.41) is 22.9. The lowest BCUT2D eigenvalue weighted by Crippen LogP contribution is -2.50. The fourth-order valence-corrected chi connectivity index (χ4v) is 3.71. The molecule has 9 nitrogen and oxygen atoms in total. The van der Waals surface area contributed by atoms with Crippen LogP contribution in [0, 0.1) is 0 Å². The molecule has 0 heterocycles. The van der Waals surface area contributed by atoms with Crippen molar-refractivity contribution in [3.8, 4) is 11.1 Å². The number of methoxy groups -OCH3 is 1. The molecule has 0 aliphatic heterocycles. The van der Waals surface area contributed by atoms with Gasteiger partial charge in [0.1, 0.15) is 12.6 Å². The summed E-state index contributed by atoms with van der Waals surface area (Å²) in [4.78, 5) is 35.4. The van der Waals surface area contributed by atoms with Gasteiger partial charge in [0.25, 0.3) is 0 Å². The number of ether oxygens (including phenoxy) is 2. The van der Waals surface area contributed by atoms with Crippen LogP contribution >= 0.6 is 0 Å². The Balaban J connectivity index is 1.57. The monoisotopic (exact) mass is 442 g/mol. The predicted octanol–water partition coefficient (Wildman–Crippen LogP) is 1.49. The van der Waals surface area contributed by atoms with Crippen molar-refractivity contribution in [1.29, 1.82) is 0 Å². The number of rotatable bonds is 10. The van der Waals surface area contributed by atoms with E-state index in [4.69, 9.17) is 14.6 Å². The first kappa shape index (κ1) is 23.2. The van der Waals surface area contributed by atoms with Gasteiger partial charge in [-0.3, -0.25) is 4.79 Å². The molecule has 2 amide bonds. The van der Waals surface area contributed by atoms with Crippen LogP contribution in [-0.2, 0) is 19.1 Å². The molecule has 2 aromatic rings. The molecule has 1 aliphatic rings. The van der Waals surface area contributed by atoms with Crippen LogP contribution in [0.25, 0.3) is 11.1 Å². The first-order valence-corrected chi connectivity index (χ1v) is 10.2. The number of carbonyl (C=O) groups excluding carboxylic acids is 2. The molecular formula is C23H26N2O7. The summed E-state index contributed by atoms with van der Waals surface area (Å²) < 4.78 is 10.4. The molecule has 0 bridgehead atoms. The van der Waals surface area contributed by atoms with E-state index in [-0.39, 0.29) is 32.1 Å². The van der Waals surface area contributed by atoms with E-state index in [1.54, 1.807) is 0 Å². The topological polar surface area (TPSA) is 134 Å². The SMILES string of the molecule is COC[C@H](NC(=O)OCC1c2ccccc2-c2ccccc21)C(=O)NCCC(O)C(=O)O. The molecule has 1 unspecified atom stereocenters. The van der Waals surface area contributed by atoms with E-state index in [9.17, 15) is 19.5 Å². The molecule has 0 radical (unpaired) electrons. The van der Waals surface area contributed by atoms with Gasteiger partial charge in [0.15, 0.2) is 6.10 Å². The third-order valence-corrected chi connectivity index (χ3v) is 5.29. The second-order valence-electron chi connectivity index (χ2n) is 7.41. The Morgan fingerprint density at radius 2 is 1.62 bits per heavy atom. The van der Waals surface area contributed by atoms with Crippen molar-refractivity contribution in [1.82, 2.24) is 10.6 Å². The van der Waals surface area contributed by atoms with E-state index >= 15 is 0 Å². The maximum absolute atomic E-state index is 12.4. The number of hydrogen-bond acceptors (Lipinski definition) is 6. The summed E-state index contributed by atoms with van der Waals surface area (Å²) in [6, 6.07) is 14.9. The molecule has 32 heavy (non-hydrogen) atoms. The number of carboxylic acid groups (broad SMARTS) is 1. The maximum Gasteiger partial charge on any atom is 0.407 e. The van der Waals surface area contributed by atoms with Gasteiger partial charge in [0.2, 0.25) is 5.91 Å². The number of alkyl carbamates (subject to hydrolysis) is 1. The normalized spacial score (nSPS) is 14.1. The molecule has 3 rings (SSSR count). The van der Waals surface area contributed by atoms with Gasteiger partial charge in [0, 0.05) is 26.0 Å². The third-order valence-electron chi connectivity index (χ3n) is 5.29. The first-order chi connectivity index (χ1) is 15.4. The lowest BCUT2D eigenvalue weighted by Gasteiger charge is -2.19. The number of fused-ring (bicyclic) bond motifs is 3. The van der Waals surface area contributed by atoms with E-state index in [0.29, 0.717) is 0 Å². The summed E-state index contributed by atoms with van der Waals surface area (Å²) in [6.07, 6.45) is -2.51. The van der Waals surface area contributed by atoms with Crippen molar-refractivity contribution in [3.63, 3.8) is 0 Å². The van der Waals surface area contributed by atoms with Crippen molar-refractivity contribution in [3.05, 3.63) is 59.7 Å². The Morgan fingerprint density at radius 1 is 1.03 bits per heavy atom. The fraction of sp³-hybridized carbons (Fsp3) is 0.348. The number of nitrogens with one attached hydrogen (secondary N) is 2. The molecule has 0 saturated carbocycles. The van der Waals surface area contributed by atoms with E-state index < -0.39 is 30.1 Å². The molecule has 2 aromatic carbocycles. The number of carbonyl (C=O) groups is 3. The molecule has 1 aliphatic carbocycles. The molecular weight excluding hydrogens is 416 g/mol. The Bertz CT molecular complexity index is 933. The second kappa shape index (κ2) is 10.7. The number of carboxylic acids is 1. The van der Waals surface area contributed by atoms with Gasteiger partial charge in [-0.1, -0.05) is 48.5 Å². The highest BCUT2D eigenvalue weighted by Crippen LogP contribution is 2.44. The molecule has 0 saturated heterocycles. The number of aliphatic carboxylic acids is 1. The summed E-state index contributed by atoms with van der Waals surface area (Å²) in [7, 11) is 1.38. The molecule has 2 atom stereocenters. The van der Waals surface area contributed by atoms with Crippen LogP contribution in [0.1, 0.15) is 23.5 Å². The standard InChI is InChI=1S/C23H26N2O7/c1-31-13-19(21(27)24-11-10-20(26)22(28)29)25-23(30)32-12-18-16-8-4-2-6-14(16)15-7-3-5-9-17(15)18/h2-9,18-20,26H,10-13H2,1H3,(H,24,27)(H,25,30)(H,28,29)/t19-,20?/m0/s1. The Labute approximate surface area is 185 Å². The number of benzene rings is 2. The van der Waals surface area contributed by atoms with Gasteiger partial charge in [-0.2, -0.15) is 0 Å². The number of aliphatic hydroxyl groups excluding tert-OH is 1. The van der Waals surface area contributed by atoms with Crippen molar-refractivity contribution in [2.45, 2.75) is 24.5 Å². The Kier molecular flexibility index (Phi) is 7.80. The Hall–Kier alpha value is -3.43. The van der Waals surface area contributed by atoms with E-state index in [2.05, 4.69) is 10.6 Å². The second-order valence-corrected chi connectivity index (χ2v) is 7.41. The Morgan fingerprint density at radius 3 is 2.19 bits per heavy atom. The summed E-state index contributed by atoms with van der Waals surface area (Å²) in [5.41, 5.74) is 4.36. The minimum Gasteiger partial charge on any atom is -0.479 e. The highest BCUT2D eigenvalue weighted by atomic mass is 16.5. The number of amides is 2. The van der Waals surface area contributed by atoms with Crippen LogP contribution in [0.5, 0.6) is 0 Å². The molecule has 0 aromatic heterocycles. The average molecular weight is 442 g/mol.